The van der Waals surface area contributed by atoms with Crippen molar-refractivity contribution in [3.63, 3.8) is 0 Å². The molecule has 0 aliphatic heterocycles. The summed E-state index contributed by atoms with van der Waals surface area (Å²) in [6.07, 6.45) is 7.35. The summed E-state index contributed by atoms with van der Waals surface area (Å²) in [5.41, 5.74) is 2.13. The van der Waals surface area contributed by atoms with Crippen LogP contribution in [-0.2, 0) is 11.2 Å². The summed E-state index contributed by atoms with van der Waals surface area (Å²) < 4.78 is 5.86. The fourth-order valence-electron chi connectivity index (χ4n) is 3.52. The average Bonchev–Trinajstić information content (AvgIpc) is 2.73. The highest BCUT2D eigenvalue weighted by Gasteiger charge is 2.21. The Balaban J connectivity index is 1.42. The van der Waals surface area contributed by atoms with Crippen molar-refractivity contribution in [2.24, 2.45) is 5.92 Å². The minimum atomic E-state index is 0.0329. The van der Waals surface area contributed by atoms with E-state index in [1.165, 1.54) is 12.0 Å². The van der Waals surface area contributed by atoms with Gasteiger partial charge in [-0.25, -0.2) is 0 Å². The van der Waals surface area contributed by atoms with Crippen LogP contribution in [0.1, 0.15) is 44.1 Å². The van der Waals surface area contributed by atoms with Crippen LogP contribution in [0.15, 0.2) is 54.6 Å². The fraction of sp³-hybridized carbons (Fsp3) is 0.391. The lowest BCUT2D eigenvalue weighted by Crippen LogP contribution is -2.38. The Morgan fingerprint density at radius 1 is 1.04 bits per heavy atom. The van der Waals surface area contributed by atoms with E-state index in [9.17, 15) is 4.79 Å². The highest BCUT2D eigenvalue weighted by Crippen LogP contribution is 2.23. The van der Waals surface area contributed by atoms with E-state index < -0.39 is 0 Å². The van der Waals surface area contributed by atoms with Gasteiger partial charge in [-0.05, 0) is 55.6 Å². The smallest absolute Gasteiger partial charge is 0.229 e. The van der Waals surface area contributed by atoms with Crippen LogP contribution in [0.25, 0.3) is 0 Å². The van der Waals surface area contributed by atoms with Crippen molar-refractivity contribution >= 4 is 28.9 Å². The molecule has 1 saturated carbocycles. The molecular formula is C23H28N2O2S. The van der Waals surface area contributed by atoms with Gasteiger partial charge < -0.3 is 15.4 Å². The van der Waals surface area contributed by atoms with Crippen LogP contribution in [0, 0.1) is 5.92 Å². The maximum absolute atomic E-state index is 12.3. The molecule has 0 atom stereocenters. The Hall–Kier alpha value is -2.40. The number of benzene rings is 2. The maximum atomic E-state index is 12.3. The monoisotopic (exact) mass is 396 g/mol. The van der Waals surface area contributed by atoms with Crippen molar-refractivity contribution in [1.82, 2.24) is 5.32 Å². The minimum absolute atomic E-state index is 0.0329. The second-order valence-corrected chi connectivity index (χ2v) is 7.65. The highest BCUT2D eigenvalue weighted by molar-refractivity contribution is 7.80. The van der Waals surface area contributed by atoms with Gasteiger partial charge in [0.1, 0.15) is 5.75 Å². The highest BCUT2D eigenvalue weighted by atomic mass is 32.1. The lowest BCUT2D eigenvalue weighted by molar-refractivity contribution is -0.124. The van der Waals surface area contributed by atoms with Gasteiger partial charge in [0.25, 0.3) is 0 Å². The molecule has 148 valence electrons. The Bertz CT molecular complexity index is 773. The van der Waals surface area contributed by atoms with Gasteiger partial charge in [-0.3, -0.25) is 4.79 Å². The summed E-state index contributed by atoms with van der Waals surface area (Å²) in [5.74, 6) is 0.915. The van der Waals surface area contributed by atoms with E-state index in [4.69, 9.17) is 17.0 Å². The van der Waals surface area contributed by atoms with Gasteiger partial charge in [0.15, 0.2) is 5.11 Å². The van der Waals surface area contributed by atoms with Crippen LogP contribution in [0.3, 0.4) is 0 Å². The first kappa shape index (κ1) is 20.3. The first-order valence-corrected chi connectivity index (χ1v) is 10.5. The number of carbonyl (C=O) groups excluding carboxylic acids is 1. The summed E-state index contributed by atoms with van der Waals surface area (Å²) in [6, 6.07) is 18.1. The predicted molar refractivity (Wildman–Crippen MR) is 118 cm³/mol. The molecule has 1 fully saturated rings. The summed E-state index contributed by atoms with van der Waals surface area (Å²) in [6.45, 7) is 0.654. The quantitative estimate of drug-likeness (QED) is 0.505. The zero-order valence-corrected chi connectivity index (χ0v) is 17.0. The summed E-state index contributed by atoms with van der Waals surface area (Å²) in [4.78, 5) is 12.3. The van der Waals surface area contributed by atoms with Crippen molar-refractivity contribution in [3.05, 3.63) is 60.2 Å². The van der Waals surface area contributed by atoms with Crippen LogP contribution >= 0.6 is 12.2 Å². The standard InChI is InChI=1S/C23H28N2O2S/c26-22(19-12-5-2-6-13-19)25-23(28)24-20-14-7-15-21(17-20)27-16-8-11-18-9-3-1-4-10-18/h1,3-4,7,9-10,14-15,17,19H,2,5-6,8,11-13,16H2,(H2,24,25,26,28). The molecule has 0 radical (unpaired) electrons. The normalized spacial score (nSPS) is 14.3. The SMILES string of the molecule is O=C(NC(=S)Nc1cccc(OCCCc2ccccc2)c1)C1CCCCC1. The van der Waals surface area contributed by atoms with Crippen LogP contribution in [0.4, 0.5) is 5.69 Å². The molecule has 5 heteroatoms. The number of thiocarbonyl (C=S) groups is 1. The van der Waals surface area contributed by atoms with Gasteiger partial charge >= 0.3 is 0 Å². The number of hydrogen-bond acceptors (Lipinski definition) is 3. The number of carbonyl (C=O) groups is 1. The maximum Gasteiger partial charge on any atom is 0.229 e. The van der Waals surface area contributed by atoms with E-state index >= 15 is 0 Å². The summed E-state index contributed by atoms with van der Waals surface area (Å²) in [5, 5.41) is 6.26. The molecule has 0 saturated heterocycles. The lowest BCUT2D eigenvalue weighted by atomic mass is 9.89. The zero-order valence-electron chi connectivity index (χ0n) is 16.2. The second-order valence-electron chi connectivity index (χ2n) is 7.24. The van der Waals surface area contributed by atoms with E-state index in [1.807, 2.05) is 30.3 Å². The third-order valence-corrected chi connectivity index (χ3v) is 5.23. The predicted octanol–water partition coefficient (Wildman–Crippen LogP) is 5.09. The summed E-state index contributed by atoms with van der Waals surface area (Å²) in [7, 11) is 0. The number of anilines is 1. The van der Waals surface area contributed by atoms with Crippen molar-refractivity contribution < 1.29 is 9.53 Å². The molecule has 3 rings (SSSR count). The molecule has 4 nitrogen and oxygen atoms in total. The number of hydrogen-bond donors (Lipinski definition) is 2. The number of rotatable bonds is 7. The molecule has 0 unspecified atom stereocenters. The number of aryl methyl sites for hydroxylation is 1. The molecule has 0 aromatic heterocycles. The molecule has 0 heterocycles. The van der Waals surface area contributed by atoms with E-state index in [0.29, 0.717) is 11.7 Å². The van der Waals surface area contributed by atoms with Crippen molar-refractivity contribution in [2.45, 2.75) is 44.9 Å². The Kier molecular flexibility index (Phi) is 7.85. The molecule has 0 spiro atoms. The third kappa shape index (κ3) is 6.64. The van der Waals surface area contributed by atoms with Crippen molar-refractivity contribution in [2.75, 3.05) is 11.9 Å². The molecule has 28 heavy (non-hydrogen) atoms. The first-order valence-electron chi connectivity index (χ1n) is 10.1. The van der Waals surface area contributed by atoms with Gasteiger partial charge in [-0.2, -0.15) is 0 Å². The average molecular weight is 397 g/mol. The molecule has 1 amide bonds. The Morgan fingerprint density at radius 2 is 1.82 bits per heavy atom. The molecule has 1 aliphatic carbocycles. The molecule has 2 aromatic carbocycles. The topological polar surface area (TPSA) is 50.4 Å². The second kappa shape index (κ2) is 10.8. The van der Waals surface area contributed by atoms with Gasteiger partial charge in [-0.1, -0.05) is 55.7 Å². The van der Waals surface area contributed by atoms with Gasteiger partial charge in [0.05, 0.1) is 6.61 Å². The van der Waals surface area contributed by atoms with Gasteiger partial charge in [-0.15, -0.1) is 0 Å². The number of amides is 1. The Morgan fingerprint density at radius 3 is 2.61 bits per heavy atom. The van der Waals surface area contributed by atoms with Crippen LogP contribution in [0.5, 0.6) is 5.75 Å². The minimum Gasteiger partial charge on any atom is -0.494 e. The van der Waals surface area contributed by atoms with E-state index in [1.54, 1.807) is 0 Å². The largest absolute Gasteiger partial charge is 0.494 e. The Labute approximate surface area is 172 Å². The van der Waals surface area contributed by atoms with Crippen LogP contribution < -0.4 is 15.4 Å². The molecule has 2 N–H and O–H groups in total. The molecular weight excluding hydrogens is 368 g/mol. The molecule has 0 bridgehead atoms. The lowest BCUT2D eigenvalue weighted by Gasteiger charge is -2.21. The van der Waals surface area contributed by atoms with E-state index in [-0.39, 0.29) is 11.8 Å². The molecule has 2 aromatic rings. The van der Waals surface area contributed by atoms with Crippen molar-refractivity contribution in [1.29, 1.82) is 0 Å². The third-order valence-electron chi connectivity index (χ3n) is 5.03. The number of ether oxygens (including phenoxy) is 1. The van der Waals surface area contributed by atoms with E-state index in [0.717, 1.165) is 50.0 Å². The summed E-state index contributed by atoms with van der Waals surface area (Å²) >= 11 is 5.30. The molecule has 1 aliphatic rings. The fourth-order valence-corrected chi connectivity index (χ4v) is 3.73. The van der Waals surface area contributed by atoms with Gasteiger partial charge in [0, 0.05) is 17.7 Å². The van der Waals surface area contributed by atoms with Gasteiger partial charge in [0.2, 0.25) is 5.91 Å². The number of nitrogens with one attached hydrogen (secondary N) is 2. The van der Waals surface area contributed by atoms with E-state index in [2.05, 4.69) is 34.9 Å². The first-order chi connectivity index (χ1) is 13.7. The zero-order chi connectivity index (χ0) is 19.6. The van der Waals surface area contributed by atoms with Crippen molar-refractivity contribution in [3.8, 4) is 5.75 Å². The van der Waals surface area contributed by atoms with Crippen LogP contribution in [0.2, 0.25) is 0 Å². The van der Waals surface area contributed by atoms with Crippen LogP contribution in [-0.4, -0.2) is 17.6 Å².